The van der Waals surface area contributed by atoms with Crippen LogP contribution in [0.4, 0.5) is 16.0 Å². The third-order valence-corrected chi connectivity index (χ3v) is 9.63. The molecule has 2 saturated carbocycles. The highest BCUT2D eigenvalue weighted by Gasteiger charge is 2.59. The number of aryl methyl sites for hydroxylation is 2. The van der Waals surface area contributed by atoms with Gasteiger partial charge < -0.3 is 10.2 Å². The van der Waals surface area contributed by atoms with Crippen molar-refractivity contribution in [2.24, 2.45) is 18.9 Å². The second kappa shape index (κ2) is 10.5. The predicted molar refractivity (Wildman–Crippen MR) is 168 cm³/mol. The summed E-state index contributed by atoms with van der Waals surface area (Å²) in [4.78, 5) is 38.2. The van der Waals surface area contributed by atoms with Gasteiger partial charge in [-0.2, -0.15) is 5.10 Å². The number of halogens is 2. The highest BCUT2D eigenvalue weighted by Crippen LogP contribution is 2.59. The second-order valence-corrected chi connectivity index (χ2v) is 14.6. The van der Waals surface area contributed by atoms with Crippen LogP contribution in [0, 0.1) is 24.6 Å². The molecule has 45 heavy (non-hydrogen) atoms. The normalized spacial score (nSPS) is 21.6. The summed E-state index contributed by atoms with van der Waals surface area (Å²) in [5.74, 6) is -0.0533. The number of carbonyl (C=O) groups excluding carboxylic acids is 1. The molecule has 2 N–H and O–H groups in total. The molecule has 12 nitrogen and oxygen atoms in total. The number of benzene rings is 1. The molecule has 3 fully saturated rings. The summed E-state index contributed by atoms with van der Waals surface area (Å²) < 4.78 is 43.2. The highest BCUT2D eigenvalue weighted by molar-refractivity contribution is 7.89. The molecule has 0 spiro atoms. The van der Waals surface area contributed by atoms with Crippen LogP contribution < -0.4 is 20.5 Å². The molecular formula is C30H32ClFN8O4S. The van der Waals surface area contributed by atoms with Gasteiger partial charge in [0, 0.05) is 37.7 Å². The van der Waals surface area contributed by atoms with E-state index in [0.29, 0.717) is 35.6 Å². The van der Waals surface area contributed by atoms with Crippen LogP contribution in [0.25, 0.3) is 10.9 Å². The van der Waals surface area contributed by atoms with Gasteiger partial charge in [-0.05, 0) is 62.3 Å². The van der Waals surface area contributed by atoms with Crippen LogP contribution in [0.15, 0.2) is 35.3 Å². The van der Waals surface area contributed by atoms with Crippen molar-refractivity contribution in [3.63, 3.8) is 0 Å². The lowest BCUT2D eigenvalue weighted by atomic mass is 10.0. The lowest BCUT2D eigenvalue weighted by Gasteiger charge is -2.26. The maximum absolute atomic E-state index is 14.5. The largest absolute Gasteiger partial charge is 0.377 e. The fourth-order valence-electron chi connectivity index (χ4n) is 6.73. The first kappa shape index (κ1) is 29.7. The van der Waals surface area contributed by atoms with E-state index in [1.165, 1.54) is 16.9 Å². The highest BCUT2D eigenvalue weighted by atomic mass is 35.5. The van der Waals surface area contributed by atoms with E-state index in [2.05, 4.69) is 20.3 Å². The molecule has 0 radical (unpaired) electrons. The van der Waals surface area contributed by atoms with Gasteiger partial charge >= 0.3 is 0 Å². The molecule has 3 aromatic heterocycles. The monoisotopic (exact) mass is 654 g/mol. The fourth-order valence-corrected chi connectivity index (χ4v) is 7.32. The van der Waals surface area contributed by atoms with Crippen molar-refractivity contribution >= 4 is 50.1 Å². The maximum Gasteiger partial charge on any atom is 0.285 e. The van der Waals surface area contributed by atoms with Crippen LogP contribution in [0.5, 0.6) is 0 Å². The number of hydrogen-bond donors (Lipinski definition) is 2. The van der Waals surface area contributed by atoms with E-state index in [-0.39, 0.29) is 51.7 Å². The quantitative estimate of drug-likeness (QED) is 0.272. The molecule has 1 saturated heterocycles. The average Bonchev–Trinajstić information content (AvgIpc) is 3.84. The first-order valence-corrected chi connectivity index (χ1v) is 17.0. The first-order chi connectivity index (χ1) is 21.3. The molecule has 7 rings (SSSR count). The van der Waals surface area contributed by atoms with Gasteiger partial charge in [0.25, 0.3) is 11.5 Å². The molecular weight excluding hydrogens is 623 g/mol. The second-order valence-electron chi connectivity index (χ2n) is 12.5. The summed E-state index contributed by atoms with van der Waals surface area (Å²) in [5.41, 5.74) is 2.62. The molecule has 1 unspecified atom stereocenters. The zero-order valence-electron chi connectivity index (χ0n) is 25.1. The zero-order chi connectivity index (χ0) is 31.9. The van der Waals surface area contributed by atoms with E-state index in [0.717, 1.165) is 30.2 Å². The number of rotatable bonds is 8. The number of aromatic nitrogens is 5. The number of pyridine rings is 1. The summed E-state index contributed by atoms with van der Waals surface area (Å²) in [6, 6.07) is 6.45. The van der Waals surface area contributed by atoms with Crippen LogP contribution in [0.3, 0.4) is 0 Å². The number of sulfonamides is 1. The van der Waals surface area contributed by atoms with E-state index in [9.17, 15) is 22.4 Å². The van der Waals surface area contributed by atoms with E-state index in [1.54, 1.807) is 13.1 Å². The van der Waals surface area contributed by atoms with Gasteiger partial charge in [-0.1, -0.05) is 17.7 Å². The number of amides is 1. The fraction of sp³-hybridized carbons (Fsp3) is 0.433. The van der Waals surface area contributed by atoms with Gasteiger partial charge in [0.2, 0.25) is 16.0 Å². The van der Waals surface area contributed by atoms with E-state index >= 15 is 0 Å². The number of fused-ring (bicyclic) bond motifs is 2. The number of nitrogens with one attached hydrogen (secondary N) is 2. The van der Waals surface area contributed by atoms with Crippen molar-refractivity contribution in [3.05, 3.63) is 74.3 Å². The Morgan fingerprint density at radius 3 is 2.49 bits per heavy atom. The van der Waals surface area contributed by atoms with Gasteiger partial charge in [-0.15, -0.1) is 0 Å². The van der Waals surface area contributed by atoms with E-state index in [1.807, 2.05) is 35.3 Å². The van der Waals surface area contributed by atoms with Crippen LogP contribution in [-0.4, -0.2) is 58.0 Å². The Labute approximate surface area is 263 Å². The Morgan fingerprint density at radius 1 is 1.16 bits per heavy atom. The number of anilines is 2. The molecule has 3 aliphatic rings. The van der Waals surface area contributed by atoms with Crippen LogP contribution in [0.2, 0.25) is 5.15 Å². The zero-order valence-corrected chi connectivity index (χ0v) is 26.7. The smallest absolute Gasteiger partial charge is 0.285 e. The standard InChI is InChI=1S/C30H32ClFN8O4S/c1-14-9-17(15(2)33-22-7-8-23(31)34-27(22)28(41)37-45(4,43)44)25-18(10-14)29(42)40(16-5-6-16)30(35-25)39-11-19-20(12-39)24(19)26-21(32)13-38(3)36-26/h7-10,13,15-16,19-20,24,33H,5-6,11-12H2,1-4H3,(H,37,41)/t15-,19-,20+,24?/m1/s1. The Kier molecular flexibility index (Phi) is 6.93. The Balaban J connectivity index is 1.25. The molecule has 1 aliphatic heterocycles. The van der Waals surface area contributed by atoms with Crippen molar-refractivity contribution in [2.75, 3.05) is 29.6 Å². The summed E-state index contributed by atoms with van der Waals surface area (Å²) in [6.07, 6.45) is 4.08. The average molecular weight is 655 g/mol. The van der Waals surface area contributed by atoms with Gasteiger partial charge in [0.15, 0.2) is 11.5 Å². The maximum atomic E-state index is 14.5. The molecule has 2 aliphatic carbocycles. The summed E-state index contributed by atoms with van der Waals surface area (Å²) in [5, 5.41) is 8.14. The molecule has 1 aromatic carbocycles. The molecule has 4 atom stereocenters. The molecule has 4 heterocycles. The Bertz CT molecular complexity index is 2050. The molecule has 4 aromatic rings. The minimum atomic E-state index is -3.85. The van der Waals surface area contributed by atoms with Gasteiger partial charge in [-0.3, -0.25) is 18.8 Å². The van der Waals surface area contributed by atoms with Crippen LogP contribution >= 0.6 is 11.6 Å². The lowest BCUT2D eigenvalue weighted by molar-refractivity contribution is 0.0977. The summed E-state index contributed by atoms with van der Waals surface area (Å²) in [7, 11) is -2.13. The van der Waals surface area contributed by atoms with Crippen molar-refractivity contribution in [1.82, 2.24) is 29.0 Å². The Hall–Kier alpha value is -4.04. The molecule has 236 valence electrons. The number of nitrogens with zero attached hydrogens (tertiary/aromatic N) is 6. The molecule has 0 bridgehead atoms. The SMILES string of the molecule is Cc1cc([C@@H](C)Nc2ccc(Cl)nc2C(=O)NS(C)(=O)=O)c2nc(N3C[C@@H]4C(c5nn(C)cc5F)[C@@H]4C3)n(C3CC3)c(=O)c2c1. The lowest BCUT2D eigenvalue weighted by Crippen LogP contribution is -2.33. The molecule has 1 amide bonds. The van der Waals surface area contributed by atoms with Gasteiger partial charge in [-0.25, -0.2) is 27.5 Å². The van der Waals surface area contributed by atoms with Crippen molar-refractivity contribution in [1.29, 1.82) is 0 Å². The number of piperidine rings is 1. The van der Waals surface area contributed by atoms with Gasteiger partial charge in [0.05, 0.1) is 35.1 Å². The topological polar surface area (TPSA) is 144 Å². The van der Waals surface area contributed by atoms with Crippen molar-refractivity contribution in [3.8, 4) is 0 Å². The van der Waals surface area contributed by atoms with E-state index in [4.69, 9.17) is 16.6 Å². The minimum absolute atomic E-state index is 0.0245. The van der Waals surface area contributed by atoms with E-state index < -0.39 is 22.0 Å². The van der Waals surface area contributed by atoms with Crippen molar-refractivity contribution in [2.45, 2.75) is 44.7 Å². The molecule has 15 heteroatoms. The predicted octanol–water partition coefficient (Wildman–Crippen LogP) is 3.67. The summed E-state index contributed by atoms with van der Waals surface area (Å²) >= 11 is 6.05. The van der Waals surface area contributed by atoms with Crippen LogP contribution in [0.1, 0.15) is 65.1 Å². The number of hydrogen-bond acceptors (Lipinski definition) is 9. The third kappa shape index (κ3) is 5.43. The Morgan fingerprint density at radius 2 is 1.87 bits per heavy atom. The first-order valence-electron chi connectivity index (χ1n) is 14.7. The van der Waals surface area contributed by atoms with Crippen molar-refractivity contribution < 1.29 is 17.6 Å². The summed E-state index contributed by atoms with van der Waals surface area (Å²) in [6.45, 7) is 5.08. The van der Waals surface area contributed by atoms with Gasteiger partial charge in [0.1, 0.15) is 10.8 Å². The minimum Gasteiger partial charge on any atom is -0.377 e. The third-order valence-electron chi connectivity index (χ3n) is 8.87. The van der Waals surface area contributed by atoms with Crippen LogP contribution in [-0.2, 0) is 17.1 Å². The number of carbonyl (C=O) groups is 1.